The van der Waals surface area contributed by atoms with E-state index >= 15 is 0 Å². The van der Waals surface area contributed by atoms with Gasteiger partial charge in [-0.3, -0.25) is 9.69 Å². The van der Waals surface area contributed by atoms with Gasteiger partial charge in [0.05, 0.1) is 5.54 Å². The van der Waals surface area contributed by atoms with Crippen molar-refractivity contribution in [3.05, 3.63) is 0 Å². The van der Waals surface area contributed by atoms with Crippen LogP contribution in [0.5, 0.6) is 0 Å². The maximum atomic E-state index is 13.3. The number of Topliss-reactive ketones (excluding diaryl/α,β-unsaturated/α-hetero) is 1. The second-order valence-corrected chi connectivity index (χ2v) is 7.77. The SMILES string of the molecule is CC1CCCC(C(=O)C2CC3CCC2C3)(N(C)C)C1. The number of hydrogen-bond acceptors (Lipinski definition) is 2. The molecule has 0 amide bonds. The largest absolute Gasteiger partial charge is 0.297 e. The minimum atomic E-state index is -0.132. The van der Waals surface area contributed by atoms with Crippen molar-refractivity contribution < 1.29 is 4.79 Å². The van der Waals surface area contributed by atoms with Gasteiger partial charge < -0.3 is 0 Å². The monoisotopic (exact) mass is 263 g/mol. The molecule has 0 radical (unpaired) electrons. The topological polar surface area (TPSA) is 20.3 Å². The molecule has 0 aromatic heterocycles. The molecule has 3 saturated carbocycles. The van der Waals surface area contributed by atoms with Gasteiger partial charge in [0.2, 0.25) is 0 Å². The van der Waals surface area contributed by atoms with E-state index in [9.17, 15) is 4.79 Å². The van der Waals surface area contributed by atoms with Gasteiger partial charge in [-0.25, -0.2) is 0 Å². The van der Waals surface area contributed by atoms with E-state index in [1.54, 1.807) is 0 Å². The number of likely N-dealkylation sites (N-methyl/N-ethyl adjacent to an activating group) is 1. The van der Waals surface area contributed by atoms with Crippen LogP contribution in [0.3, 0.4) is 0 Å². The van der Waals surface area contributed by atoms with Crippen LogP contribution in [0.15, 0.2) is 0 Å². The summed E-state index contributed by atoms with van der Waals surface area (Å²) in [5.74, 6) is 3.31. The molecule has 0 N–H and O–H groups in total. The van der Waals surface area contributed by atoms with E-state index in [1.807, 2.05) is 0 Å². The lowest BCUT2D eigenvalue weighted by Crippen LogP contribution is -2.56. The summed E-state index contributed by atoms with van der Waals surface area (Å²) in [5, 5.41) is 0. The van der Waals surface area contributed by atoms with Crippen molar-refractivity contribution in [3.8, 4) is 0 Å². The second kappa shape index (κ2) is 4.87. The molecule has 19 heavy (non-hydrogen) atoms. The van der Waals surface area contributed by atoms with Crippen molar-refractivity contribution in [2.24, 2.45) is 23.7 Å². The zero-order chi connectivity index (χ0) is 13.6. The molecule has 0 aromatic carbocycles. The van der Waals surface area contributed by atoms with Crippen LogP contribution < -0.4 is 0 Å². The molecule has 108 valence electrons. The normalized spacial score (nSPS) is 45.9. The molecule has 2 heteroatoms. The van der Waals surface area contributed by atoms with Gasteiger partial charge in [0, 0.05) is 5.92 Å². The molecule has 2 nitrogen and oxygen atoms in total. The van der Waals surface area contributed by atoms with Gasteiger partial charge >= 0.3 is 0 Å². The minimum absolute atomic E-state index is 0.132. The van der Waals surface area contributed by atoms with Crippen LogP contribution in [0.4, 0.5) is 0 Å². The standard InChI is InChI=1S/C17H29NO/c1-12-5-4-8-17(11-12,18(2)3)16(19)15-10-13-6-7-14(15)9-13/h12-15H,4-11H2,1-3H3. The number of fused-ring (bicyclic) bond motifs is 2. The van der Waals surface area contributed by atoms with E-state index in [1.165, 1.54) is 38.5 Å². The third-order valence-corrected chi connectivity index (χ3v) is 6.36. The van der Waals surface area contributed by atoms with Gasteiger partial charge in [0.15, 0.2) is 5.78 Å². The fourth-order valence-electron chi connectivity index (χ4n) is 5.28. The Balaban J connectivity index is 1.82. The van der Waals surface area contributed by atoms with Gasteiger partial charge in [-0.15, -0.1) is 0 Å². The van der Waals surface area contributed by atoms with Crippen molar-refractivity contribution in [1.82, 2.24) is 4.90 Å². The zero-order valence-electron chi connectivity index (χ0n) is 12.8. The molecule has 3 aliphatic rings. The van der Waals surface area contributed by atoms with Crippen LogP contribution in [-0.4, -0.2) is 30.3 Å². The summed E-state index contributed by atoms with van der Waals surface area (Å²) < 4.78 is 0. The van der Waals surface area contributed by atoms with E-state index in [-0.39, 0.29) is 5.54 Å². The Morgan fingerprint density at radius 1 is 1.16 bits per heavy atom. The summed E-state index contributed by atoms with van der Waals surface area (Å²) in [7, 11) is 4.26. The summed E-state index contributed by atoms with van der Waals surface area (Å²) in [6, 6.07) is 0. The van der Waals surface area contributed by atoms with Crippen LogP contribution in [0.25, 0.3) is 0 Å². The predicted octanol–water partition coefficient (Wildman–Crippen LogP) is 3.50. The highest BCUT2D eigenvalue weighted by Gasteiger charge is 2.51. The molecule has 0 aliphatic heterocycles. The first kappa shape index (κ1) is 13.6. The molecule has 5 unspecified atom stereocenters. The van der Waals surface area contributed by atoms with Gasteiger partial charge in [-0.1, -0.05) is 26.2 Å². The maximum absolute atomic E-state index is 13.3. The molecule has 3 rings (SSSR count). The van der Waals surface area contributed by atoms with Crippen LogP contribution in [0.1, 0.15) is 58.3 Å². The average Bonchev–Trinajstić information content (AvgIpc) is 2.99. The third kappa shape index (κ3) is 2.16. The highest BCUT2D eigenvalue weighted by Crippen LogP contribution is 2.51. The van der Waals surface area contributed by atoms with Crippen LogP contribution in [-0.2, 0) is 4.79 Å². The average molecular weight is 263 g/mol. The quantitative estimate of drug-likeness (QED) is 0.776. The fraction of sp³-hybridized carbons (Fsp3) is 0.941. The number of rotatable bonds is 3. The molecule has 0 heterocycles. The van der Waals surface area contributed by atoms with Crippen LogP contribution >= 0.6 is 0 Å². The van der Waals surface area contributed by atoms with Gasteiger partial charge in [-0.2, -0.15) is 0 Å². The molecule has 0 spiro atoms. The van der Waals surface area contributed by atoms with E-state index in [2.05, 4.69) is 25.9 Å². The Kier molecular flexibility index (Phi) is 3.49. The Morgan fingerprint density at radius 3 is 2.47 bits per heavy atom. The lowest BCUT2D eigenvalue weighted by Gasteiger charge is -2.46. The summed E-state index contributed by atoms with van der Waals surface area (Å²) >= 11 is 0. The van der Waals surface area contributed by atoms with Crippen LogP contribution in [0.2, 0.25) is 0 Å². The first-order chi connectivity index (χ1) is 9.03. The lowest BCUT2D eigenvalue weighted by molar-refractivity contribution is -0.138. The van der Waals surface area contributed by atoms with Gasteiger partial charge in [0.25, 0.3) is 0 Å². The highest BCUT2D eigenvalue weighted by atomic mass is 16.1. The second-order valence-electron chi connectivity index (χ2n) is 7.77. The summed E-state index contributed by atoms with van der Waals surface area (Å²) in [6.07, 6.45) is 9.97. The third-order valence-electron chi connectivity index (χ3n) is 6.36. The lowest BCUT2D eigenvalue weighted by atomic mass is 9.68. The highest BCUT2D eigenvalue weighted by molar-refractivity contribution is 5.91. The predicted molar refractivity (Wildman–Crippen MR) is 78.0 cm³/mol. The first-order valence-electron chi connectivity index (χ1n) is 8.24. The molecular weight excluding hydrogens is 234 g/mol. The van der Waals surface area contributed by atoms with Crippen molar-refractivity contribution >= 4 is 5.78 Å². The van der Waals surface area contributed by atoms with E-state index in [0.29, 0.717) is 17.6 Å². The molecule has 3 fully saturated rings. The number of carbonyl (C=O) groups excluding carboxylic acids is 1. The van der Waals surface area contributed by atoms with Crippen molar-refractivity contribution in [2.75, 3.05) is 14.1 Å². The van der Waals surface area contributed by atoms with E-state index in [4.69, 9.17) is 0 Å². The molecule has 3 aliphatic carbocycles. The Bertz CT molecular complexity index is 364. The first-order valence-corrected chi connectivity index (χ1v) is 8.24. The van der Waals surface area contributed by atoms with Crippen LogP contribution in [0, 0.1) is 23.7 Å². The molecule has 0 saturated heterocycles. The molecule has 5 atom stereocenters. The summed E-state index contributed by atoms with van der Waals surface area (Å²) in [5.41, 5.74) is -0.132. The molecule has 2 bridgehead atoms. The Hall–Kier alpha value is -0.370. The fourth-order valence-corrected chi connectivity index (χ4v) is 5.28. The number of hydrogen-bond donors (Lipinski definition) is 0. The minimum Gasteiger partial charge on any atom is -0.297 e. The van der Waals surface area contributed by atoms with Gasteiger partial charge in [0.1, 0.15) is 0 Å². The number of carbonyl (C=O) groups is 1. The summed E-state index contributed by atoms with van der Waals surface area (Å²) in [4.78, 5) is 15.5. The van der Waals surface area contributed by atoms with Gasteiger partial charge in [-0.05, 0) is 64.0 Å². The van der Waals surface area contributed by atoms with Crippen molar-refractivity contribution in [1.29, 1.82) is 0 Å². The zero-order valence-corrected chi connectivity index (χ0v) is 12.8. The Morgan fingerprint density at radius 2 is 1.95 bits per heavy atom. The van der Waals surface area contributed by atoms with Crippen molar-refractivity contribution in [2.45, 2.75) is 63.8 Å². The number of ketones is 1. The van der Waals surface area contributed by atoms with E-state index < -0.39 is 0 Å². The summed E-state index contributed by atoms with van der Waals surface area (Å²) in [6.45, 7) is 2.32. The smallest absolute Gasteiger partial charge is 0.156 e. The number of nitrogens with zero attached hydrogens (tertiary/aromatic N) is 1. The molecular formula is C17H29NO. The Labute approximate surface area is 117 Å². The van der Waals surface area contributed by atoms with E-state index in [0.717, 1.165) is 24.7 Å². The molecule has 0 aromatic rings. The van der Waals surface area contributed by atoms with Crippen molar-refractivity contribution in [3.63, 3.8) is 0 Å². The maximum Gasteiger partial charge on any atom is 0.156 e.